The van der Waals surface area contributed by atoms with Crippen LogP contribution < -0.4 is 9.64 Å². The smallest absolute Gasteiger partial charge is 0.118 e. The average molecular weight is 335 g/mol. The maximum atomic E-state index is 5.26. The summed E-state index contributed by atoms with van der Waals surface area (Å²) in [6.45, 7) is 1.97. The number of fused-ring (bicyclic) bond motifs is 1. The summed E-state index contributed by atoms with van der Waals surface area (Å²) in [5.41, 5.74) is 4.29. The molecule has 0 atom stereocenters. The minimum atomic E-state index is 0.855. The maximum absolute atomic E-state index is 5.26. The van der Waals surface area contributed by atoms with Gasteiger partial charge >= 0.3 is 0 Å². The largest absolute Gasteiger partial charge is 0.497 e. The predicted molar refractivity (Wildman–Crippen MR) is 106 cm³/mol. The van der Waals surface area contributed by atoms with E-state index in [4.69, 9.17) is 9.72 Å². The number of hydrogen-bond donors (Lipinski definition) is 0. The Kier molecular flexibility index (Phi) is 5.19. The molecular weight excluding hydrogens is 310 g/mol. The normalized spacial score (nSPS) is 11.1. The van der Waals surface area contributed by atoms with Gasteiger partial charge in [0, 0.05) is 36.8 Å². The molecule has 2 aromatic carbocycles. The van der Waals surface area contributed by atoms with Crippen LogP contribution in [-0.2, 0) is 0 Å². The first-order chi connectivity index (χ1) is 12.1. The molecule has 0 saturated carbocycles. The molecule has 0 aliphatic heterocycles. The number of benzene rings is 2. The van der Waals surface area contributed by atoms with Gasteiger partial charge in [-0.15, -0.1) is 0 Å². The second-order valence-electron chi connectivity index (χ2n) is 6.50. The molecule has 4 heteroatoms. The predicted octanol–water partition coefficient (Wildman–Crippen LogP) is 3.91. The lowest BCUT2D eigenvalue weighted by molar-refractivity contribution is 0.415. The van der Waals surface area contributed by atoms with Gasteiger partial charge in [0.1, 0.15) is 5.75 Å². The summed E-state index contributed by atoms with van der Waals surface area (Å²) >= 11 is 0. The van der Waals surface area contributed by atoms with Crippen LogP contribution in [0.1, 0.15) is 0 Å². The van der Waals surface area contributed by atoms with Crippen LogP contribution >= 0.6 is 0 Å². The summed E-state index contributed by atoms with van der Waals surface area (Å²) in [5, 5.41) is 1.18. The minimum Gasteiger partial charge on any atom is -0.497 e. The molecule has 0 bridgehead atoms. The number of methoxy groups -OCH3 is 1. The molecule has 0 fully saturated rings. The number of pyridine rings is 1. The second kappa shape index (κ2) is 7.53. The van der Waals surface area contributed by atoms with Gasteiger partial charge in [-0.25, -0.2) is 4.98 Å². The van der Waals surface area contributed by atoms with E-state index >= 15 is 0 Å². The molecule has 0 amide bonds. The second-order valence-corrected chi connectivity index (χ2v) is 6.50. The topological polar surface area (TPSA) is 28.6 Å². The Labute approximate surface area is 149 Å². The van der Waals surface area contributed by atoms with Crippen molar-refractivity contribution in [2.45, 2.75) is 0 Å². The highest BCUT2D eigenvalue weighted by Crippen LogP contribution is 2.31. The van der Waals surface area contributed by atoms with Gasteiger partial charge in [-0.2, -0.15) is 0 Å². The quantitative estimate of drug-likeness (QED) is 0.683. The number of para-hydroxylation sites is 1. The summed E-state index contributed by atoms with van der Waals surface area (Å²) in [5.74, 6) is 0.855. The van der Waals surface area contributed by atoms with Gasteiger partial charge in [0.05, 0.1) is 18.3 Å². The van der Waals surface area contributed by atoms with Crippen molar-refractivity contribution in [2.24, 2.45) is 0 Å². The van der Waals surface area contributed by atoms with Crippen molar-refractivity contribution in [3.63, 3.8) is 0 Å². The number of aromatic nitrogens is 1. The summed E-state index contributed by atoms with van der Waals surface area (Å²) in [6, 6.07) is 18.6. The van der Waals surface area contributed by atoms with Crippen LogP contribution in [-0.4, -0.2) is 51.2 Å². The van der Waals surface area contributed by atoms with Crippen LogP contribution in [0.3, 0.4) is 0 Å². The maximum Gasteiger partial charge on any atom is 0.118 e. The van der Waals surface area contributed by atoms with Crippen molar-refractivity contribution in [3.05, 3.63) is 54.6 Å². The van der Waals surface area contributed by atoms with E-state index in [-0.39, 0.29) is 0 Å². The van der Waals surface area contributed by atoms with Crippen molar-refractivity contribution >= 4 is 16.6 Å². The van der Waals surface area contributed by atoms with Crippen LogP contribution in [0, 0.1) is 0 Å². The number of nitrogens with zero attached hydrogens (tertiary/aromatic N) is 3. The zero-order valence-electron chi connectivity index (χ0n) is 15.4. The van der Waals surface area contributed by atoms with Gasteiger partial charge in [-0.3, -0.25) is 0 Å². The van der Waals surface area contributed by atoms with E-state index in [1.807, 2.05) is 18.2 Å². The number of hydrogen-bond acceptors (Lipinski definition) is 4. The zero-order valence-corrected chi connectivity index (χ0v) is 15.4. The molecule has 0 spiro atoms. The fourth-order valence-electron chi connectivity index (χ4n) is 2.85. The van der Waals surface area contributed by atoms with E-state index in [1.54, 1.807) is 7.11 Å². The van der Waals surface area contributed by atoms with Crippen molar-refractivity contribution < 1.29 is 4.74 Å². The first-order valence-electron chi connectivity index (χ1n) is 8.48. The van der Waals surface area contributed by atoms with Gasteiger partial charge in [-0.05, 0) is 50.5 Å². The molecule has 1 aromatic heterocycles. The molecule has 1 heterocycles. The molecule has 0 saturated heterocycles. The minimum absolute atomic E-state index is 0.855. The van der Waals surface area contributed by atoms with E-state index < -0.39 is 0 Å². The highest BCUT2D eigenvalue weighted by Gasteiger charge is 2.11. The lowest BCUT2D eigenvalue weighted by Crippen LogP contribution is -2.28. The molecule has 3 rings (SSSR count). The monoisotopic (exact) mass is 335 g/mol. The number of rotatable bonds is 6. The number of ether oxygens (including phenoxy) is 1. The Morgan fingerprint density at radius 3 is 2.32 bits per heavy atom. The molecular formula is C21H25N3O. The first-order valence-corrected chi connectivity index (χ1v) is 8.48. The Morgan fingerprint density at radius 1 is 0.920 bits per heavy atom. The van der Waals surface area contributed by atoms with Gasteiger partial charge in [-0.1, -0.05) is 18.2 Å². The molecule has 130 valence electrons. The van der Waals surface area contributed by atoms with Crippen LogP contribution in [0.2, 0.25) is 0 Å². The standard InChI is InChI=1S/C21H25N3O/c1-23(2)13-14-24(3)21-15-20(16-9-11-17(25-4)12-10-16)22-19-8-6-5-7-18(19)21/h5-12,15H,13-14H2,1-4H3. The van der Waals surface area contributed by atoms with E-state index in [0.717, 1.165) is 35.6 Å². The van der Waals surface area contributed by atoms with Crippen molar-refractivity contribution in [1.82, 2.24) is 9.88 Å². The Hall–Kier alpha value is -2.59. The molecule has 3 aromatic rings. The fourth-order valence-corrected chi connectivity index (χ4v) is 2.85. The lowest BCUT2D eigenvalue weighted by Gasteiger charge is -2.23. The number of anilines is 1. The molecule has 0 aliphatic rings. The Balaban J connectivity index is 2.04. The van der Waals surface area contributed by atoms with Crippen molar-refractivity contribution in [2.75, 3.05) is 46.2 Å². The van der Waals surface area contributed by atoms with Crippen molar-refractivity contribution in [1.29, 1.82) is 0 Å². The number of likely N-dealkylation sites (N-methyl/N-ethyl adjacent to an activating group) is 2. The summed E-state index contributed by atoms with van der Waals surface area (Å²) in [6.07, 6.45) is 0. The van der Waals surface area contributed by atoms with Crippen LogP contribution in [0.5, 0.6) is 5.75 Å². The van der Waals surface area contributed by atoms with E-state index in [1.165, 1.54) is 11.1 Å². The molecule has 4 nitrogen and oxygen atoms in total. The van der Waals surface area contributed by atoms with Gasteiger partial charge in [0.2, 0.25) is 0 Å². The van der Waals surface area contributed by atoms with Crippen LogP contribution in [0.25, 0.3) is 22.2 Å². The third-order valence-corrected chi connectivity index (χ3v) is 4.37. The average Bonchev–Trinajstić information content (AvgIpc) is 2.65. The molecule has 25 heavy (non-hydrogen) atoms. The Bertz CT molecular complexity index is 843. The van der Waals surface area contributed by atoms with Gasteiger partial charge in [0.25, 0.3) is 0 Å². The first kappa shape index (κ1) is 17.2. The summed E-state index contributed by atoms with van der Waals surface area (Å²) in [7, 11) is 8.02. The van der Waals surface area contributed by atoms with E-state index in [9.17, 15) is 0 Å². The molecule has 0 N–H and O–H groups in total. The van der Waals surface area contributed by atoms with E-state index in [2.05, 4.69) is 67.3 Å². The van der Waals surface area contributed by atoms with E-state index in [0.29, 0.717) is 0 Å². The molecule has 0 radical (unpaired) electrons. The molecule has 0 unspecified atom stereocenters. The summed E-state index contributed by atoms with van der Waals surface area (Å²) in [4.78, 5) is 9.36. The third kappa shape index (κ3) is 3.91. The highest BCUT2D eigenvalue weighted by molar-refractivity contribution is 5.94. The Morgan fingerprint density at radius 2 is 1.64 bits per heavy atom. The van der Waals surface area contributed by atoms with Crippen LogP contribution in [0.4, 0.5) is 5.69 Å². The van der Waals surface area contributed by atoms with Gasteiger partial charge < -0.3 is 14.5 Å². The zero-order chi connectivity index (χ0) is 17.8. The fraction of sp³-hybridized carbons (Fsp3) is 0.286. The summed E-state index contributed by atoms with van der Waals surface area (Å²) < 4.78 is 5.26. The SMILES string of the molecule is COc1ccc(-c2cc(N(C)CCN(C)C)c3ccccc3n2)cc1. The highest BCUT2D eigenvalue weighted by atomic mass is 16.5. The molecule has 0 aliphatic carbocycles. The van der Waals surface area contributed by atoms with Gasteiger partial charge in [0.15, 0.2) is 0 Å². The lowest BCUT2D eigenvalue weighted by atomic mass is 10.1. The third-order valence-electron chi connectivity index (χ3n) is 4.37. The van der Waals surface area contributed by atoms with Crippen molar-refractivity contribution in [3.8, 4) is 17.0 Å². The van der Waals surface area contributed by atoms with Crippen LogP contribution in [0.15, 0.2) is 54.6 Å².